The fourth-order valence-electron chi connectivity index (χ4n) is 3.34. The summed E-state index contributed by atoms with van der Waals surface area (Å²) in [5.74, 6) is 1.21. The third-order valence-corrected chi connectivity index (χ3v) is 4.89. The summed E-state index contributed by atoms with van der Waals surface area (Å²) in [6, 6.07) is 8.85. The Labute approximate surface area is 181 Å². The predicted octanol–water partition coefficient (Wildman–Crippen LogP) is 3.57. The molecule has 0 spiro atoms. The molecule has 0 bridgehead atoms. The highest BCUT2D eigenvalue weighted by Crippen LogP contribution is 2.14. The number of hydrogen-bond acceptors (Lipinski definition) is 2. The van der Waals surface area contributed by atoms with Gasteiger partial charge in [0, 0.05) is 31.6 Å². The van der Waals surface area contributed by atoms with Gasteiger partial charge in [0.05, 0.1) is 6.54 Å². The molecule has 1 aromatic carbocycles. The number of aryl methyl sites for hydroxylation is 1. The van der Waals surface area contributed by atoms with Crippen molar-refractivity contribution in [2.75, 3.05) is 19.6 Å². The third-order valence-electron chi connectivity index (χ3n) is 4.89. The van der Waals surface area contributed by atoms with Crippen LogP contribution < -0.4 is 10.6 Å². The molecule has 1 aliphatic rings. The minimum absolute atomic E-state index is 0. The van der Waals surface area contributed by atoms with Crippen LogP contribution >= 0.6 is 24.0 Å². The van der Waals surface area contributed by atoms with Crippen molar-refractivity contribution >= 4 is 35.8 Å². The van der Waals surface area contributed by atoms with E-state index in [1.54, 1.807) is 0 Å². The third kappa shape index (κ3) is 7.31. The van der Waals surface area contributed by atoms with Gasteiger partial charge < -0.3 is 15.5 Å². The van der Waals surface area contributed by atoms with Crippen molar-refractivity contribution < 1.29 is 4.79 Å². The SMILES string of the molecule is CCNC(=NCc1ccccc1CC)NC1CCN(C(=O)C(C)C)CC1.I. The average Bonchev–Trinajstić information content (AvgIpc) is 2.66. The van der Waals surface area contributed by atoms with Crippen molar-refractivity contribution in [1.29, 1.82) is 0 Å². The van der Waals surface area contributed by atoms with Crippen molar-refractivity contribution in [3.63, 3.8) is 0 Å². The first kappa shape index (κ1) is 23.7. The average molecular weight is 486 g/mol. The Morgan fingerprint density at radius 1 is 1.19 bits per heavy atom. The van der Waals surface area contributed by atoms with E-state index in [0.717, 1.165) is 44.9 Å². The van der Waals surface area contributed by atoms with Gasteiger partial charge in [-0.1, -0.05) is 45.0 Å². The predicted molar refractivity (Wildman–Crippen MR) is 124 cm³/mol. The van der Waals surface area contributed by atoms with Gasteiger partial charge in [0.25, 0.3) is 0 Å². The van der Waals surface area contributed by atoms with Crippen molar-refractivity contribution in [2.45, 2.75) is 59.5 Å². The lowest BCUT2D eigenvalue weighted by Crippen LogP contribution is -2.50. The van der Waals surface area contributed by atoms with Crippen LogP contribution in [0.4, 0.5) is 0 Å². The number of hydrogen-bond donors (Lipinski definition) is 2. The van der Waals surface area contributed by atoms with Crippen LogP contribution in [0.2, 0.25) is 0 Å². The van der Waals surface area contributed by atoms with Gasteiger partial charge in [-0.2, -0.15) is 0 Å². The van der Waals surface area contributed by atoms with Gasteiger partial charge in [-0.25, -0.2) is 4.99 Å². The van der Waals surface area contributed by atoms with Crippen molar-refractivity contribution in [3.05, 3.63) is 35.4 Å². The van der Waals surface area contributed by atoms with Crippen LogP contribution in [0.5, 0.6) is 0 Å². The Morgan fingerprint density at radius 3 is 2.37 bits per heavy atom. The molecule has 1 aromatic rings. The number of benzene rings is 1. The van der Waals surface area contributed by atoms with Gasteiger partial charge in [-0.05, 0) is 37.3 Å². The van der Waals surface area contributed by atoms with E-state index in [9.17, 15) is 4.79 Å². The number of guanidine groups is 1. The largest absolute Gasteiger partial charge is 0.357 e. The normalized spacial score (nSPS) is 15.4. The molecule has 5 nitrogen and oxygen atoms in total. The number of nitrogens with zero attached hydrogens (tertiary/aromatic N) is 2. The van der Waals surface area contributed by atoms with E-state index in [1.807, 2.05) is 18.7 Å². The molecule has 0 saturated carbocycles. The second-order valence-corrected chi connectivity index (χ2v) is 7.22. The highest BCUT2D eigenvalue weighted by atomic mass is 127. The van der Waals surface area contributed by atoms with Crippen molar-refractivity contribution in [1.82, 2.24) is 15.5 Å². The standard InChI is InChI=1S/C21H34N4O.HI/c1-5-17-9-7-8-10-18(17)15-23-21(22-6-2)24-19-11-13-25(14-12-19)20(26)16(3)4;/h7-10,16,19H,5-6,11-15H2,1-4H3,(H2,22,23,24);1H. The summed E-state index contributed by atoms with van der Waals surface area (Å²) in [7, 11) is 0. The van der Waals surface area contributed by atoms with E-state index >= 15 is 0 Å². The lowest BCUT2D eigenvalue weighted by molar-refractivity contribution is -0.135. The van der Waals surface area contributed by atoms with Gasteiger partial charge >= 0.3 is 0 Å². The number of amides is 1. The first-order chi connectivity index (χ1) is 12.5. The van der Waals surface area contributed by atoms with Crippen LogP contribution in [-0.4, -0.2) is 42.4 Å². The van der Waals surface area contributed by atoms with Crippen LogP contribution in [0.1, 0.15) is 51.7 Å². The Kier molecular flexibility index (Phi) is 10.7. The highest BCUT2D eigenvalue weighted by Gasteiger charge is 2.24. The molecule has 27 heavy (non-hydrogen) atoms. The smallest absolute Gasteiger partial charge is 0.225 e. The van der Waals surface area contributed by atoms with E-state index in [4.69, 9.17) is 4.99 Å². The monoisotopic (exact) mass is 486 g/mol. The first-order valence-corrected chi connectivity index (χ1v) is 9.95. The number of nitrogens with one attached hydrogen (secondary N) is 2. The molecule has 2 N–H and O–H groups in total. The van der Waals surface area contributed by atoms with Crippen LogP contribution in [0.3, 0.4) is 0 Å². The summed E-state index contributed by atoms with van der Waals surface area (Å²) in [5, 5.41) is 6.90. The Morgan fingerprint density at radius 2 is 1.81 bits per heavy atom. The molecule has 2 rings (SSSR count). The number of piperidine rings is 1. The molecule has 1 saturated heterocycles. The van der Waals surface area contributed by atoms with Crippen LogP contribution in [0, 0.1) is 5.92 Å². The fraction of sp³-hybridized carbons (Fsp3) is 0.619. The van der Waals surface area contributed by atoms with Gasteiger partial charge in [0.15, 0.2) is 5.96 Å². The summed E-state index contributed by atoms with van der Waals surface area (Å²) in [4.78, 5) is 18.9. The topological polar surface area (TPSA) is 56.7 Å². The molecule has 0 unspecified atom stereocenters. The number of aliphatic imine (C=N–C) groups is 1. The maximum absolute atomic E-state index is 12.1. The summed E-state index contributed by atoms with van der Waals surface area (Å²) in [5.41, 5.74) is 2.64. The maximum Gasteiger partial charge on any atom is 0.225 e. The van der Waals surface area contributed by atoms with Crippen LogP contribution in [0.15, 0.2) is 29.3 Å². The van der Waals surface area contributed by atoms with Crippen LogP contribution in [-0.2, 0) is 17.8 Å². The molecular weight excluding hydrogens is 451 g/mol. The number of carbonyl (C=O) groups is 1. The minimum atomic E-state index is 0. The lowest BCUT2D eigenvalue weighted by atomic mass is 10.0. The molecular formula is C21H35IN4O. The Balaban J connectivity index is 0.00000364. The zero-order valence-electron chi connectivity index (χ0n) is 17.1. The molecule has 0 atom stereocenters. The molecule has 0 aromatic heterocycles. The quantitative estimate of drug-likeness (QED) is 0.367. The van der Waals surface area contributed by atoms with E-state index < -0.39 is 0 Å². The fourth-order valence-corrected chi connectivity index (χ4v) is 3.34. The summed E-state index contributed by atoms with van der Waals surface area (Å²) >= 11 is 0. The molecule has 1 fully saturated rings. The van der Waals surface area contributed by atoms with E-state index in [0.29, 0.717) is 12.6 Å². The molecule has 1 aliphatic heterocycles. The van der Waals surface area contributed by atoms with Crippen molar-refractivity contribution in [3.8, 4) is 0 Å². The summed E-state index contributed by atoms with van der Waals surface area (Å²) in [6.07, 6.45) is 2.96. The minimum Gasteiger partial charge on any atom is -0.357 e. The van der Waals surface area contributed by atoms with Gasteiger partial charge in [-0.3, -0.25) is 4.79 Å². The number of carbonyl (C=O) groups excluding carboxylic acids is 1. The van der Waals surface area contributed by atoms with E-state index in [2.05, 4.69) is 48.7 Å². The van der Waals surface area contributed by atoms with Gasteiger partial charge in [0.1, 0.15) is 0 Å². The molecule has 152 valence electrons. The Bertz CT molecular complexity index is 610. The lowest BCUT2D eigenvalue weighted by Gasteiger charge is -2.34. The molecule has 0 aliphatic carbocycles. The first-order valence-electron chi connectivity index (χ1n) is 9.95. The number of likely N-dealkylation sites (tertiary alicyclic amines) is 1. The Hall–Kier alpha value is -1.31. The molecule has 6 heteroatoms. The number of halogens is 1. The highest BCUT2D eigenvalue weighted by molar-refractivity contribution is 14.0. The maximum atomic E-state index is 12.1. The second-order valence-electron chi connectivity index (χ2n) is 7.22. The van der Waals surface area contributed by atoms with Crippen LogP contribution in [0.25, 0.3) is 0 Å². The molecule has 1 heterocycles. The second kappa shape index (κ2) is 12.2. The molecule has 0 radical (unpaired) electrons. The van der Waals surface area contributed by atoms with E-state index in [1.165, 1.54) is 11.1 Å². The number of rotatable bonds is 6. The zero-order chi connectivity index (χ0) is 18.9. The summed E-state index contributed by atoms with van der Waals surface area (Å²) < 4.78 is 0. The van der Waals surface area contributed by atoms with Crippen molar-refractivity contribution in [2.24, 2.45) is 10.9 Å². The van der Waals surface area contributed by atoms with Gasteiger partial charge in [-0.15, -0.1) is 24.0 Å². The summed E-state index contributed by atoms with van der Waals surface area (Å²) in [6.45, 7) is 11.4. The van der Waals surface area contributed by atoms with E-state index in [-0.39, 0.29) is 35.8 Å². The molecule has 1 amide bonds. The van der Waals surface area contributed by atoms with Gasteiger partial charge in [0.2, 0.25) is 5.91 Å². The zero-order valence-corrected chi connectivity index (χ0v) is 19.5.